The lowest BCUT2D eigenvalue weighted by molar-refractivity contribution is -0.144. The molecule has 2 heterocycles. The minimum atomic E-state index is -0.909. The fourth-order valence-electron chi connectivity index (χ4n) is 3.19. The predicted octanol–water partition coefficient (Wildman–Crippen LogP) is 2.16. The van der Waals surface area contributed by atoms with Gasteiger partial charge >= 0.3 is 0 Å². The molecule has 2 aromatic carbocycles. The number of rotatable bonds is 3. The Morgan fingerprint density at radius 2 is 1.88 bits per heavy atom. The summed E-state index contributed by atoms with van der Waals surface area (Å²) >= 11 is 0. The number of carbonyl (C=O) groups is 1. The van der Waals surface area contributed by atoms with Gasteiger partial charge in [0.25, 0.3) is 5.91 Å². The van der Waals surface area contributed by atoms with Crippen molar-refractivity contribution in [3.05, 3.63) is 65.9 Å². The first kappa shape index (κ1) is 15.7. The Morgan fingerprint density at radius 1 is 1.12 bits per heavy atom. The number of carbonyl (C=O) groups excluding carboxylic acids is 1. The highest BCUT2D eigenvalue weighted by Crippen LogP contribution is 2.30. The number of phenolic OH excluding ortho intramolecular Hbond substituents is 1. The number of aromatic amines is 1. The number of fused-ring (bicyclic) bond motifs is 1. The number of aliphatic hydroxyl groups is 1. The average molecular weight is 338 g/mol. The second-order valence-corrected chi connectivity index (χ2v) is 6.15. The number of hydrogen-bond donors (Lipinski definition) is 4. The molecule has 0 saturated carbocycles. The number of morpholine rings is 1. The predicted molar refractivity (Wildman–Crippen MR) is 92.0 cm³/mol. The van der Waals surface area contributed by atoms with Crippen molar-refractivity contribution >= 4 is 16.8 Å². The zero-order valence-electron chi connectivity index (χ0n) is 13.3. The number of H-pyrrole nitrogens is 1. The van der Waals surface area contributed by atoms with Gasteiger partial charge < -0.3 is 25.3 Å². The van der Waals surface area contributed by atoms with E-state index in [0.29, 0.717) is 5.56 Å². The summed E-state index contributed by atoms with van der Waals surface area (Å²) < 4.78 is 5.78. The van der Waals surface area contributed by atoms with E-state index in [1.165, 1.54) is 12.1 Å². The minimum Gasteiger partial charge on any atom is -0.508 e. The van der Waals surface area contributed by atoms with E-state index in [0.717, 1.165) is 16.5 Å². The Balaban J connectivity index is 1.52. The highest BCUT2D eigenvalue weighted by molar-refractivity contribution is 5.91. The van der Waals surface area contributed by atoms with Gasteiger partial charge in [0, 0.05) is 22.7 Å². The fraction of sp³-hybridized carbons (Fsp3) is 0.211. The minimum absolute atomic E-state index is 0.124. The van der Waals surface area contributed by atoms with Crippen LogP contribution in [0.5, 0.6) is 5.75 Å². The van der Waals surface area contributed by atoms with Crippen LogP contribution in [0.1, 0.15) is 23.3 Å². The van der Waals surface area contributed by atoms with Gasteiger partial charge in [0.15, 0.2) is 6.10 Å². The van der Waals surface area contributed by atoms with Crippen LogP contribution in [0.25, 0.3) is 10.9 Å². The third-order valence-corrected chi connectivity index (χ3v) is 4.53. The number of benzene rings is 2. The molecule has 0 radical (unpaired) electrons. The summed E-state index contributed by atoms with van der Waals surface area (Å²) in [5.74, 6) is -0.155. The standard InChI is InChI=1S/C19H18N2O4/c22-12-7-5-11(6-8-12)17(23)16-10-25-18(19(24)21-16)14-9-20-15-4-2-1-3-13(14)15/h1-9,16-18,20,22-23H,10H2,(H,21,24)/t16-,17-,18-/m1/s1. The number of phenols is 1. The van der Waals surface area contributed by atoms with Crippen LogP contribution in [0, 0.1) is 0 Å². The van der Waals surface area contributed by atoms with E-state index < -0.39 is 18.2 Å². The number of ether oxygens (including phenoxy) is 1. The number of nitrogens with one attached hydrogen (secondary N) is 2. The van der Waals surface area contributed by atoms with Crippen LogP contribution in [0.2, 0.25) is 0 Å². The fourth-order valence-corrected chi connectivity index (χ4v) is 3.19. The van der Waals surface area contributed by atoms with Crippen molar-refractivity contribution in [3.8, 4) is 5.75 Å². The lowest BCUT2D eigenvalue weighted by Gasteiger charge is -2.32. The second kappa shape index (κ2) is 6.23. The first-order valence-corrected chi connectivity index (χ1v) is 8.08. The monoisotopic (exact) mass is 338 g/mol. The van der Waals surface area contributed by atoms with Crippen molar-refractivity contribution in [1.82, 2.24) is 10.3 Å². The Morgan fingerprint density at radius 3 is 2.64 bits per heavy atom. The third-order valence-electron chi connectivity index (χ3n) is 4.53. The summed E-state index contributed by atoms with van der Waals surface area (Å²) in [4.78, 5) is 15.7. The van der Waals surface area contributed by atoms with E-state index in [4.69, 9.17) is 4.74 Å². The van der Waals surface area contributed by atoms with E-state index in [2.05, 4.69) is 10.3 Å². The van der Waals surface area contributed by atoms with Gasteiger partial charge in [-0.25, -0.2) is 0 Å². The van der Waals surface area contributed by atoms with Gasteiger partial charge in [-0.1, -0.05) is 30.3 Å². The van der Waals surface area contributed by atoms with Crippen molar-refractivity contribution in [2.24, 2.45) is 0 Å². The van der Waals surface area contributed by atoms with Crippen molar-refractivity contribution in [2.45, 2.75) is 18.2 Å². The average Bonchev–Trinajstić information content (AvgIpc) is 3.05. The van der Waals surface area contributed by atoms with Crippen LogP contribution < -0.4 is 5.32 Å². The molecule has 0 aliphatic carbocycles. The van der Waals surface area contributed by atoms with Gasteiger partial charge in [0.05, 0.1) is 12.6 Å². The molecule has 3 aromatic rings. The summed E-state index contributed by atoms with van der Waals surface area (Å²) in [6.45, 7) is 0.192. The van der Waals surface area contributed by atoms with Gasteiger partial charge in [-0.05, 0) is 23.8 Å². The van der Waals surface area contributed by atoms with E-state index in [1.54, 1.807) is 18.3 Å². The van der Waals surface area contributed by atoms with Crippen molar-refractivity contribution in [1.29, 1.82) is 0 Å². The number of aromatic nitrogens is 1. The van der Waals surface area contributed by atoms with E-state index in [9.17, 15) is 15.0 Å². The molecule has 0 bridgehead atoms. The normalized spacial score (nSPS) is 21.9. The van der Waals surface area contributed by atoms with Crippen molar-refractivity contribution in [3.63, 3.8) is 0 Å². The number of hydrogen-bond acceptors (Lipinski definition) is 4. The van der Waals surface area contributed by atoms with Crippen LogP contribution in [0.15, 0.2) is 54.7 Å². The molecule has 1 amide bonds. The van der Waals surface area contributed by atoms with Crippen LogP contribution >= 0.6 is 0 Å². The molecule has 128 valence electrons. The molecule has 4 N–H and O–H groups in total. The quantitative estimate of drug-likeness (QED) is 0.589. The molecular formula is C19H18N2O4. The maximum atomic E-state index is 12.5. The van der Waals surface area contributed by atoms with Crippen LogP contribution in [-0.4, -0.2) is 33.8 Å². The molecule has 0 spiro atoms. The first-order valence-electron chi connectivity index (χ1n) is 8.08. The summed E-state index contributed by atoms with van der Waals surface area (Å²) in [5, 5.41) is 23.6. The van der Waals surface area contributed by atoms with Gasteiger partial charge in [-0.3, -0.25) is 4.79 Å². The van der Waals surface area contributed by atoms with Crippen molar-refractivity contribution < 1.29 is 19.7 Å². The lowest BCUT2D eigenvalue weighted by atomic mass is 9.99. The molecule has 1 aliphatic heterocycles. The largest absolute Gasteiger partial charge is 0.508 e. The highest BCUT2D eigenvalue weighted by atomic mass is 16.5. The first-order chi connectivity index (χ1) is 12.1. The van der Waals surface area contributed by atoms with Crippen LogP contribution in [0.4, 0.5) is 0 Å². The molecule has 6 heteroatoms. The topological polar surface area (TPSA) is 94.6 Å². The smallest absolute Gasteiger partial charge is 0.254 e. The third kappa shape index (κ3) is 2.86. The number of para-hydroxylation sites is 1. The number of amides is 1. The molecule has 1 saturated heterocycles. The summed E-state index contributed by atoms with van der Waals surface area (Å²) in [6.07, 6.45) is 0.166. The van der Waals surface area contributed by atoms with Gasteiger partial charge in [-0.2, -0.15) is 0 Å². The SMILES string of the molecule is O=C1N[C@@H]([C@H](O)c2ccc(O)cc2)CO[C@@H]1c1c[nH]c2ccccc12. The molecule has 4 rings (SSSR count). The van der Waals surface area contributed by atoms with E-state index in [1.807, 2.05) is 24.3 Å². The van der Waals surface area contributed by atoms with Crippen molar-refractivity contribution in [2.75, 3.05) is 6.61 Å². The summed E-state index contributed by atoms with van der Waals surface area (Å²) in [7, 11) is 0. The van der Waals surface area contributed by atoms with E-state index in [-0.39, 0.29) is 18.3 Å². The number of aliphatic hydroxyl groups excluding tert-OH is 1. The highest BCUT2D eigenvalue weighted by Gasteiger charge is 2.35. The maximum Gasteiger partial charge on any atom is 0.254 e. The molecule has 0 unspecified atom stereocenters. The van der Waals surface area contributed by atoms with Crippen LogP contribution in [0.3, 0.4) is 0 Å². The Hall–Kier alpha value is -2.83. The van der Waals surface area contributed by atoms with Gasteiger partial charge in [-0.15, -0.1) is 0 Å². The molecule has 6 nitrogen and oxygen atoms in total. The maximum absolute atomic E-state index is 12.5. The van der Waals surface area contributed by atoms with Gasteiger partial charge in [0.2, 0.25) is 0 Å². The number of aromatic hydroxyl groups is 1. The second-order valence-electron chi connectivity index (χ2n) is 6.15. The molecular weight excluding hydrogens is 320 g/mol. The van der Waals surface area contributed by atoms with Crippen LogP contribution in [-0.2, 0) is 9.53 Å². The lowest BCUT2D eigenvalue weighted by Crippen LogP contribution is -2.50. The molecule has 1 aromatic heterocycles. The molecule has 1 fully saturated rings. The Labute approximate surface area is 144 Å². The molecule has 25 heavy (non-hydrogen) atoms. The molecule has 3 atom stereocenters. The summed E-state index contributed by atoms with van der Waals surface area (Å²) in [5.41, 5.74) is 2.34. The summed E-state index contributed by atoms with van der Waals surface area (Å²) in [6, 6.07) is 13.4. The zero-order valence-corrected chi connectivity index (χ0v) is 13.3. The zero-order chi connectivity index (χ0) is 17.4. The molecule has 1 aliphatic rings. The Bertz CT molecular complexity index is 903. The Kier molecular flexibility index (Phi) is 3.91. The van der Waals surface area contributed by atoms with E-state index >= 15 is 0 Å². The van der Waals surface area contributed by atoms with Gasteiger partial charge in [0.1, 0.15) is 11.9 Å².